The third-order valence-corrected chi connectivity index (χ3v) is 5.33. The molecule has 0 bridgehead atoms. The molecule has 90 valence electrons. The van der Waals surface area contributed by atoms with E-state index in [4.69, 9.17) is 11.6 Å². The molecular weight excluding hydrogens is 314 g/mol. The van der Waals surface area contributed by atoms with Crippen molar-refractivity contribution in [1.29, 1.82) is 0 Å². The Hall–Kier alpha value is -0.260. The lowest BCUT2D eigenvalue weighted by Gasteiger charge is -2.20. The summed E-state index contributed by atoms with van der Waals surface area (Å²) in [6, 6.07) is 4.91. The highest BCUT2D eigenvalue weighted by atomic mass is 79.9. The van der Waals surface area contributed by atoms with Gasteiger partial charge in [-0.3, -0.25) is 4.72 Å². The van der Waals surface area contributed by atoms with E-state index in [1.165, 1.54) is 0 Å². The van der Waals surface area contributed by atoms with Crippen molar-refractivity contribution in [1.82, 2.24) is 0 Å². The maximum Gasteiger partial charge on any atom is 0.237 e. The molecule has 3 nitrogen and oxygen atoms in total. The monoisotopic (exact) mass is 325 g/mol. The molecule has 0 radical (unpaired) electrons. The number of rotatable bonds is 2. The van der Waals surface area contributed by atoms with Crippen LogP contribution in [-0.2, 0) is 10.0 Å². The van der Waals surface area contributed by atoms with Gasteiger partial charge in [0.1, 0.15) is 0 Å². The summed E-state index contributed by atoms with van der Waals surface area (Å²) in [5.41, 5.74) is 0.461. The molecule has 0 saturated heterocycles. The first-order chi connectivity index (χ1) is 7.13. The van der Waals surface area contributed by atoms with Gasteiger partial charge in [0.15, 0.2) is 0 Å². The highest BCUT2D eigenvalue weighted by Crippen LogP contribution is 2.27. The Labute approximate surface area is 109 Å². The van der Waals surface area contributed by atoms with Crippen LogP contribution in [0.1, 0.15) is 20.8 Å². The molecule has 0 aliphatic heterocycles. The van der Waals surface area contributed by atoms with E-state index in [-0.39, 0.29) is 0 Å². The molecule has 0 heterocycles. The second-order valence-corrected chi connectivity index (χ2v) is 8.04. The SMILES string of the molecule is CC(C)(C)S(=O)(=O)Nc1ccc(Br)c(Cl)c1. The number of hydrogen-bond donors (Lipinski definition) is 1. The topological polar surface area (TPSA) is 46.2 Å². The Kier molecular flexibility index (Phi) is 3.92. The second kappa shape index (κ2) is 4.55. The fourth-order valence-electron chi connectivity index (χ4n) is 0.868. The van der Waals surface area contributed by atoms with Gasteiger partial charge in [-0.05, 0) is 54.9 Å². The minimum absolute atomic E-state index is 0.461. The maximum absolute atomic E-state index is 11.9. The average molecular weight is 327 g/mol. The standard InChI is InChI=1S/C10H13BrClNO2S/c1-10(2,3)16(14,15)13-7-4-5-8(11)9(12)6-7/h4-6,13H,1-3H3. The first kappa shape index (κ1) is 13.8. The largest absolute Gasteiger partial charge is 0.283 e. The van der Waals surface area contributed by atoms with Crippen molar-refractivity contribution in [2.45, 2.75) is 25.5 Å². The first-order valence-corrected chi connectivity index (χ1v) is 7.26. The van der Waals surface area contributed by atoms with Crippen LogP contribution in [0.2, 0.25) is 5.02 Å². The summed E-state index contributed by atoms with van der Waals surface area (Å²) in [6.45, 7) is 4.90. The smallest absolute Gasteiger partial charge is 0.237 e. The highest BCUT2D eigenvalue weighted by molar-refractivity contribution is 9.10. The number of sulfonamides is 1. The van der Waals surface area contributed by atoms with Crippen LogP contribution in [-0.4, -0.2) is 13.2 Å². The number of halogens is 2. The van der Waals surface area contributed by atoms with E-state index in [0.29, 0.717) is 10.7 Å². The molecule has 1 N–H and O–H groups in total. The van der Waals surface area contributed by atoms with Crippen LogP contribution in [0.5, 0.6) is 0 Å². The zero-order valence-electron chi connectivity index (χ0n) is 9.21. The summed E-state index contributed by atoms with van der Waals surface area (Å²) in [5.74, 6) is 0. The minimum atomic E-state index is -3.40. The summed E-state index contributed by atoms with van der Waals surface area (Å²) in [7, 11) is -3.40. The summed E-state index contributed by atoms with van der Waals surface area (Å²) in [4.78, 5) is 0. The number of benzene rings is 1. The molecule has 0 spiro atoms. The van der Waals surface area contributed by atoms with Crippen molar-refractivity contribution in [3.05, 3.63) is 27.7 Å². The Bertz CT molecular complexity index is 494. The Morgan fingerprint density at radius 2 is 1.88 bits per heavy atom. The lowest BCUT2D eigenvalue weighted by molar-refractivity contribution is 0.566. The van der Waals surface area contributed by atoms with Gasteiger partial charge in [0.25, 0.3) is 0 Å². The van der Waals surface area contributed by atoms with E-state index in [9.17, 15) is 8.42 Å². The molecule has 16 heavy (non-hydrogen) atoms. The van der Waals surface area contributed by atoms with Gasteiger partial charge in [0.05, 0.1) is 15.5 Å². The third kappa shape index (κ3) is 3.12. The van der Waals surface area contributed by atoms with Crippen molar-refractivity contribution in [2.75, 3.05) is 4.72 Å². The predicted octanol–water partition coefficient (Wildman–Crippen LogP) is 3.64. The molecule has 0 saturated carbocycles. The molecule has 0 atom stereocenters. The van der Waals surface area contributed by atoms with Gasteiger partial charge in [-0.25, -0.2) is 8.42 Å². The van der Waals surface area contributed by atoms with Crippen molar-refractivity contribution < 1.29 is 8.42 Å². The zero-order chi connectivity index (χ0) is 12.6. The van der Waals surface area contributed by atoms with Crippen LogP contribution in [0.25, 0.3) is 0 Å². The van der Waals surface area contributed by atoms with E-state index in [1.54, 1.807) is 39.0 Å². The number of hydrogen-bond acceptors (Lipinski definition) is 2. The molecule has 1 aromatic rings. The first-order valence-electron chi connectivity index (χ1n) is 4.61. The van der Waals surface area contributed by atoms with Gasteiger partial charge in [0, 0.05) is 4.47 Å². The normalized spacial score (nSPS) is 12.6. The van der Waals surface area contributed by atoms with Crippen LogP contribution in [0.4, 0.5) is 5.69 Å². The Morgan fingerprint density at radius 3 is 2.31 bits per heavy atom. The van der Waals surface area contributed by atoms with E-state index in [1.807, 2.05) is 0 Å². The second-order valence-electron chi connectivity index (χ2n) is 4.35. The molecule has 0 aromatic heterocycles. The van der Waals surface area contributed by atoms with Gasteiger partial charge < -0.3 is 0 Å². The molecule has 1 aromatic carbocycles. The fraction of sp³-hybridized carbons (Fsp3) is 0.400. The van der Waals surface area contributed by atoms with Gasteiger partial charge in [-0.1, -0.05) is 11.6 Å². The van der Waals surface area contributed by atoms with Crippen molar-refractivity contribution >= 4 is 43.2 Å². The van der Waals surface area contributed by atoms with Crippen LogP contribution in [0, 0.1) is 0 Å². The van der Waals surface area contributed by atoms with E-state index >= 15 is 0 Å². The quantitative estimate of drug-likeness (QED) is 0.902. The fourth-order valence-corrected chi connectivity index (χ4v) is 2.04. The molecule has 6 heteroatoms. The number of nitrogens with one attached hydrogen (secondary N) is 1. The summed E-state index contributed by atoms with van der Waals surface area (Å²) in [5, 5.41) is 0.467. The van der Waals surface area contributed by atoms with Crippen LogP contribution in [0.15, 0.2) is 22.7 Å². The minimum Gasteiger partial charge on any atom is -0.283 e. The van der Waals surface area contributed by atoms with Crippen LogP contribution < -0.4 is 4.72 Å². The predicted molar refractivity (Wildman–Crippen MR) is 71.4 cm³/mol. The Balaban J connectivity index is 3.03. The van der Waals surface area contributed by atoms with Crippen LogP contribution >= 0.6 is 27.5 Å². The van der Waals surface area contributed by atoms with E-state index in [2.05, 4.69) is 20.7 Å². The zero-order valence-corrected chi connectivity index (χ0v) is 12.4. The lowest BCUT2D eigenvalue weighted by atomic mass is 10.3. The molecular formula is C10H13BrClNO2S. The third-order valence-electron chi connectivity index (χ3n) is 1.98. The molecule has 0 amide bonds. The molecule has 1 rings (SSSR count). The van der Waals surface area contributed by atoms with Crippen molar-refractivity contribution in [3.8, 4) is 0 Å². The molecule has 0 unspecified atom stereocenters. The Morgan fingerprint density at radius 1 is 1.31 bits per heavy atom. The van der Waals surface area contributed by atoms with Crippen molar-refractivity contribution in [2.24, 2.45) is 0 Å². The van der Waals surface area contributed by atoms with Gasteiger partial charge in [0.2, 0.25) is 10.0 Å². The van der Waals surface area contributed by atoms with Gasteiger partial charge in [-0.2, -0.15) is 0 Å². The van der Waals surface area contributed by atoms with Gasteiger partial charge in [-0.15, -0.1) is 0 Å². The van der Waals surface area contributed by atoms with E-state index in [0.717, 1.165) is 4.47 Å². The van der Waals surface area contributed by atoms with Crippen molar-refractivity contribution in [3.63, 3.8) is 0 Å². The lowest BCUT2D eigenvalue weighted by Crippen LogP contribution is -2.33. The maximum atomic E-state index is 11.9. The molecule has 0 aliphatic rings. The van der Waals surface area contributed by atoms with E-state index < -0.39 is 14.8 Å². The molecule has 0 fully saturated rings. The molecule has 0 aliphatic carbocycles. The summed E-state index contributed by atoms with van der Waals surface area (Å²) < 4.78 is 26.1. The summed E-state index contributed by atoms with van der Waals surface area (Å²) >= 11 is 9.11. The summed E-state index contributed by atoms with van der Waals surface area (Å²) in [6.07, 6.45) is 0. The highest BCUT2D eigenvalue weighted by Gasteiger charge is 2.28. The average Bonchev–Trinajstić information content (AvgIpc) is 2.09. The van der Waals surface area contributed by atoms with Gasteiger partial charge >= 0.3 is 0 Å². The van der Waals surface area contributed by atoms with Crippen LogP contribution in [0.3, 0.4) is 0 Å². The number of anilines is 1.